The Labute approximate surface area is 195 Å². The maximum Gasteiger partial charge on any atom is 0.238 e. The number of benzene rings is 2. The molecule has 170 valence electrons. The third-order valence-corrected chi connectivity index (χ3v) is 5.32. The van der Waals surface area contributed by atoms with Crippen LogP contribution in [0.3, 0.4) is 0 Å². The van der Waals surface area contributed by atoms with E-state index in [1.54, 1.807) is 0 Å². The van der Waals surface area contributed by atoms with E-state index in [2.05, 4.69) is 22.0 Å². The molecular weight excluding hydrogens is 437 g/mol. The minimum Gasteiger partial charge on any atom is -0.494 e. The molecule has 1 aliphatic heterocycles. The second-order valence-electron chi connectivity index (χ2n) is 7.27. The summed E-state index contributed by atoms with van der Waals surface area (Å²) in [7, 11) is 0. The number of nitrogens with zero attached hydrogens (tertiary/aromatic N) is 2. The number of amides is 1. The van der Waals surface area contributed by atoms with Crippen molar-refractivity contribution in [1.82, 2.24) is 4.90 Å². The summed E-state index contributed by atoms with van der Waals surface area (Å²) < 4.78 is 11.2. The lowest BCUT2D eigenvalue weighted by atomic mass is 10.1. The number of rotatable bonds is 8. The molecule has 1 N–H and O–H groups in total. The Morgan fingerprint density at radius 3 is 2.42 bits per heavy atom. The standard InChI is InChI=1S/C23H30ClN3O3.ClH/c1-4-29-19-8-9-22(30-5-2)20(15-19)25-23(28)16-26-10-12-27(13-11-26)21-14-18(24)7-6-17(21)3;/h6-9,14-15H,4-5,10-13,16H2,1-3H3,(H,25,28);1H. The van der Waals surface area contributed by atoms with Gasteiger partial charge in [-0.3, -0.25) is 9.69 Å². The molecule has 1 amide bonds. The van der Waals surface area contributed by atoms with Crippen LogP contribution in [0.2, 0.25) is 5.02 Å². The summed E-state index contributed by atoms with van der Waals surface area (Å²) in [5.74, 6) is 1.30. The lowest BCUT2D eigenvalue weighted by molar-refractivity contribution is -0.117. The van der Waals surface area contributed by atoms with Crippen molar-refractivity contribution in [3.8, 4) is 11.5 Å². The molecule has 0 radical (unpaired) electrons. The summed E-state index contributed by atoms with van der Waals surface area (Å²) in [6.07, 6.45) is 0. The molecular formula is C23H31Cl2N3O3. The molecule has 0 atom stereocenters. The van der Waals surface area contributed by atoms with Crippen LogP contribution in [0.15, 0.2) is 36.4 Å². The minimum atomic E-state index is -0.0583. The summed E-state index contributed by atoms with van der Waals surface area (Å²) in [6, 6.07) is 11.5. The number of halogens is 2. The summed E-state index contributed by atoms with van der Waals surface area (Å²) in [5, 5.41) is 3.73. The Balaban J connectivity index is 0.00000341. The van der Waals surface area contributed by atoms with E-state index >= 15 is 0 Å². The summed E-state index contributed by atoms with van der Waals surface area (Å²) in [6.45, 7) is 10.7. The zero-order valence-electron chi connectivity index (χ0n) is 18.3. The summed E-state index contributed by atoms with van der Waals surface area (Å²) >= 11 is 6.17. The molecule has 31 heavy (non-hydrogen) atoms. The molecule has 6 nitrogen and oxygen atoms in total. The predicted octanol–water partition coefficient (Wildman–Crippen LogP) is 4.63. The fourth-order valence-corrected chi connectivity index (χ4v) is 3.77. The SMILES string of the molecule is CCOc1ccc(OCC)c(NC(=O)CN2CCN(c3cc(Cl)ccc3C)CC2)c1.Cl. The lowest BCUT2D eigenvalue weighted by Crippen LogP contribution is -2.48. The van der Waals surface area contributed by atoms with Crippen LogP contribution in [0.5, 0.6) is 11.5 Å². The van der Waals surface area contributed by atoms with Crippen molar-refractivity contribution in [3.63, 3.8) is 0 Å². The van der Waals surface area contributed by atoms with Crippen LogP contribution in [0.1, 0.15) is 19.4 Å². The summed E-state index contributed by atoms with van der Waals surface area (Å²) in [5.41, 5.74) is 3.02. The molecule has 0 saturated carbocycles. The number of carbonyl (C=O) groups excluding carboxylic acids is 1. The smallest absolute Gasteiger partial charge is 0.238 e. The van der Waals surface area contributed by atoms with Crippen molar-refractivity contribution >= 4 is 41.3 Å². The van der Waals surface area contributed by atoms with E-state index in [9.17, 15) is 4.79 Å². The molecule has 2 aromatic carbocycles. The topological polar surface area (TPSA) is 54.0 Å². The molecule has 3 rings (SSSR count). The first kappa shape index (κ1) is 25.1. The van der Waals surface area contributed by atoms with E-state index in [4.69, 9.17) is 21.1 Å². The molecule has 0 aliphatic carbocycles. The van der Waals surface area contributed by atoms with E-state index in [0.29, 0.717) is 36.9 Å². The molecule has 1 heterocycles. The number of piperazine rings is 1. The van der Waals surface area contributed by atoms with Crippen LogP contribution < -0.4 is 19.7 Å². The number of ether oxygens (including phenoxy) is 2. The van der Waals surface area contributed by atoms with E-state index in [1.807, 2.05) is 50.2 Å². The molecule has 1 fully saturated rings. The number of aryl methyl sites for hydroxylation is 1. The highest BCUT2D eigenvalue weighted by molar-refractivity contribution is 6.30. The zero-order chi connectivity index (χ0) is 21.5. The van der Waals surface area contributed by atoms with Gasteiger partial charge in [-0.05, 0) is 50.6 Å². The highest BCUT2D eigenvalue weighted by atomic mass is 35.5. The van der Waals surface area contributed by atoms with Crippen LogP contribution in [0, 0.1) is 6.92 Å². The van der Waals surface area contributed by atoms with E-state index < -0.39 is 0 Å². The van der Waals surface area contributed by atoms with Gasteiger partial charge in [0.05, 0.1) is 25.4 Å². The van der Waals surface area contributed by atoms with Gasteiger partial charge in [0.1, 0.15) is 11.5 Å². The normalized spacial score (nSPS) is 14.0. The number of carbonyl (C=O) groups is 1. The van der Waals surface area contributed by atoms with Crippen molar-refractivity contribution < 1.29 is 14.3 Å². The number of hydrogen-bond acceptors (Lipinski definition) is 5. The quantitative estimate of drug-likeness (QED) is 0.613. The Hall–Kier alpha value is -2.15. The van der Waals surface area contributed by atoms with Crippen molar-refractivity contribution in [2.75, 3.05) is 56.2 Å². The number of anilines is 2. The second kappa shape index (κ2) is 12.0. The molecule has 1 aliphatic rings. The number of hydrogen-bond donors (Lipinski definition) is 1. The largest absolute Gasteiger partial charge is 0.494 e. The third-order valence-electron chi connectivity index (χ3n) is 5.09. The van der Waals surface area contributed by atoms with Gasteiger partial charge in [0, 0.05) is 43.0 Å². The molecule has 0 aromatic heterocycles. The van der Waals surface area contributed by atoms with Gasteiger partial charge in [0.15, 0.2) is 0 Å². The van der Waals surface area contributed by atoms with Crippen molar-refractivity contribution in [1.29, 1.82) is 0 Å². The molecule has 0 unspecified atom stereocenters. The van der Waals surface area contributed by atoms with Gasteiger partial charge >= 0.3 is 0 Å². The average Bonchev–Trinajstić information content (AvgIpc) is 2.73. The predicted molar refractivity (Wildman–Crippen MR) is 129 cm³/mol. The van der Waals surface area contributed by atoms with E-state index in [-0.39, 0.29) is 18.3 Å². The molecule has 0 bridgehead atoms. The van der Waals surface area contributed by atoms with E-state index in [1.165, 1.54) is 11.3 Å². The maximum atomic E-state index is 12.7. The molecule has 0 spiro atoms. The van der Waals surface area contributed by atoms with Gasteiger partial charge in [-0.1, -0.05) is 17.7 Å². The second-order valence-corrected chi connectivity index (χ2v) is 7.70. The molecule has 1 saturated heterocycles. The minimum absolute atomic E-state index is 0. The Kier molecular flexibility index (Phi) is 9.75. The first-order chi connectivity index (χ1) is 14.5. The van der Waals surface area contributed by atoms with Crippen LogP contribution >= 0.6 is 24.0 Å². The monoisotopic (exact) mass is 467 g/mol. The molecule has 2 aromatic rings. The average molecular weight is 468 g/mol. The fourth-order valence-electron chi connectivity index (χ4n) is 3.61. The highest BCUT2D eigenvalue weighted by Gasteiger charge is 2.21. The lowest BCUT2D eigenvalue weighted by Gasteiger charge is -2.36. The van der Waals surface area contributed by atoms with Gasteiger partial charge in [0.25, 0.3) is 0 Å². The van der Waals surface area contributed by atoms with Crippen LogP contribution in [-0.4, -0.2) is 56.7 Å². The fraction of sp³-hybridized carbons (Fsp3) is 0.435. The van der Waals surface area contributed by atoms with Crippen LogP contribution in [-0.2, 0) is 4.79 Å². The zero-order valence-corrected chi connectivity index (χ0v) is 19.9. The van der Waals surface area contributed by atoms with Gasteiger partial charge in [0.2, 0.25) is 5.91 Å². The van der Waals surface area contributed by atoms with Crippen molar-refractivity contribution in [2.45, 2.75) is 20.8 Å². The van der Waals surface area contributed by atoms with Gasteiger partial charge < -0.3 is 19.7 Å². The molecule has 8 heteroatoms. The first-order valence-electron chi connectivity index (χ1n) is 10.4. The summed E-state index contributed by atoms with van der Waals surface area (Å²) in [4.78, 5) is 17.2. The van der Waals surface area contributed by atoms with Crippen LogP contribution in [0.25, 0.3) is 0 Å². The third kappa shape index (κ3) is 6.92. The first-order valence-corrected chi connectivity index (χ1v) is 10.8. The Morgan fingerprint density at radius 2 is 1.74 bits per heavy atom. The van der Waals surface area contributed by atoms with Crippen molar-refractivity contribution in [3.05, 3.63) is 47.0 Å². The van der Waals surface area contributed by atoms with Crippen molar-refractivity contribution in [2.24, 2.45) is 0 Å². The Morgan fingerprint density at radius 1 is 1.03 bits per heavy atom. The maximum absolute atomic E-state index is 12.7. The Bertz CT molecular complexity index is 871. The van der Waals surface area contributed by atoms with Gasteiger partial charge in [-0.2, -0.15) is 0 Å². The van der Waals surface area contributed by atoms with Crippen LogP contribution in [0.4, 0.5) is 11.4 Å². The van der Waals surface area contributed by atoms with Gasteiger partial charge in [-0.15, -0.1) is 12.4 Å². The number of nitrogens with one attached hydrogen (secondary N) is 1. The van der Waals surface area contributed by atoms with E-state index in [0.717, 1.165) is 31.2 Å². The van der Waals surface area contributed by atoms with Gasteiger partial charge in [-0.25, -0.2) is 0 Å². The highest BCUT2D eigenvalue weighted by Crippen LogP contribution is 2.30.